The minimum absolute atomic E-state index is 0.0520. The maximum absolute atomic E-state index is 12.1. The molecule has 4 nitrogen and oxygen atoms in total. The van der Waals surface area contributed by atoms with Crippen LogP contribution in [0.5, 0.6) is 0 Å². The topological polar surface area (TPSA) is 55.8 Å². The molecular weight excluding hydrogens is 208 g/mol. The largest absolute Gasteiger partial charge is 0.359 e. The van der Waals surface area contributed by atoms with E-state index in [1.807, 2.05) is 12.2 Å². The molecule has 0 spiro atoms. The zero-order chi connectivity index (χ0) is 11.6. The molecule has 0 radical (unpaired) electrons. The molecular formula is C12H14O4. The van der Waals surface area contributed by atoms with Crippen LogP contribution in [0.3, 0.4) is 0 Å². The molecule has 0 aromatic heterocycles. The average Bonchev–Trinajstić information content (AvgIpc) is 2.66. The average molecular weight is 222 g/mol. The lowest BCUT2D eigenvalue weighted by atomic mass is 9.76. The molecule has 1 saturated carbocycles. The predicted molar refractivity (Wildman–Crippen MR) is 55.0 cm³/mol. The van der Waals surface area contributed by atoms with Crippen molar-refractivity contribution >= 4 is 5.78 Å². The molecule has 1 heterocycles. The maximum Gasteiger partial charge on any atom is 0.235 e. The van der Waals surface area contributed by atoms with Crippen molar-refractivity contribution in [3.05, 3.63) is 23.8 Å². The quantitative estimate of drug-likeness (QED) is 0.493. The molecule has 0 aromatic rings. The molecule has 1 fully saturated rings. The van der Waals surface area contributed by atoms with E-state index in [1.54, 1.807) is 19.9 Å². The van der Waals surface area contributed by atoms with Gasteiger partial charge in [0.1, 0.15) is 5.60 Å². The van der Waals surface area contributed by atoms with Crippen molar-refractivity contribution in [2.45, 2.75) is 31.7 Å². The highest BCUT2D eigenvalue weighted by Gasteiger charge is 2.56. The number of Topliss-reactive ketones (excluding diaryl/α,β-unsaturated/α-hetero) is 1. The lowest BCUT2D eigenvalue weighted by Gasteiger charge is -2.43. The molecule has 86 valence electrons. The van der Waals surface area contributed by atoms with Gasteiger partial charge in [0.15, 0.2) is 5.78 Å². The minimum atomic E-state index is -1.59. The Balaban J connectivity index is 2.13. The number of fused-ring (bicyclic) bond motifs is 4. The van der Waals surface area contributed by atoms with Crippen molar-refractivity contribution in [3.63, 3.8) is 0 Å². The summed E-state index contributed by atoms with van der Waals surface area (Å²) >= 11 is 0. The molecule has 16 heavy (non-hydrogen) atoms. The Hall–Kier alpha value is -0.970. The third kappa shape index (κ3) is 1.18. The number of ketones is 1. The number of carbonyl (C=O) groups excluding carboxylic acids is 1. The van der Waals surface area contributed by atoms with Crippen LogP contribution in [0.2, 0.25) is 0 Å². The summed E-state index contributed by atoms with van der Waals surface area (Å²) in [4.78, 5) is 22.3. The molecule has 3 aliphatic rings. The monoisotopic (exact) mass is 222 g/mol. The number of aliphatic hydroxyl groups is 1. The lowest BCUT2D eigenvalue weighted by molar-refractivity contribution is -0.453. The Morgan fingerprint density at radius 1 is 1.38 bits per heavy atom. The van der Waals surface area contributed by atoms with E-state index in [-0.39, 0.29) is 17.6 Å². The SMILES string of the molecule is CC1(C)C=C2C(=O)[C@H]3C=C[C@H](C3)[C@@]2(O)OO1. The first-order chi connectivity index (χ1) is 7.42. The first kappa shape index (κ1) is 10.2. The van der Waals surface area contributed by atoms with E-state index in [0.29, 0.717) is 12.0 Å². The second-order valence-electron chi connectivity index (χ2n) is 5.22. The van der Waals surface area contributed by atoms with Gasteiger partial charge >= 0.3 is 0 Å². The van der Waals surface area contributed by atoms with Gasteiger partial charge in [-0.3, -0.25) is 4.79 Å². The molecule has 1 aliphatic heterocycles. The van der Waals surface area contributed by atoms with E-state index < -0.39 is 11.4 Å². The van der Waals surface area contributed by atoms with Crippen molar-refractivity contribution in [1.29, 1.82) is 0 Å². The summed E-state index contributed by atoms with van der Waals surface area (Å²) in [6.07, 6.45) is 5.97. The van der Waals surface area contributed by atoms with Crippen molar-refractivity contribution in [3.8, 4) is 0 Å². The Morgan fingerprint density at radius 3 is 2.88 bits per heavy atom. The highest BCUT2D eigenvalue weighted by atomic mass is 17.2. The summed E-state index contributed by atoms with van der Waals surface area (Å²) in [7, 11) is 0. The van der Waals surface area contributed by atoms with E-state index >= 15 is 0 Å². The fourth-order valence-corrected chi connectivity index (χ4v) is 2.58. The smallest absolute Gasteiger partial charge is 0.235 e. The van der Waals surface area contributed by atoms with Gasteiger partial charge in [-0.15, -0.1) is 0 Å². The fourth-order valence-electron chi connectivity index (χ4n) is 2.58. The summed E-state index contributed by atoms with van der Waals surface area (Å²) < 4.78 is 0. The van der Waals surface area contributed by atoms with Gasteiger partial charge in [0.05, 0.1) is 5.57 Å². The van der Waals surface area contributed by atoms with Gasteiger partial charge in [-0.25, -0.2) is 4.89 Å². The molecule has 0 saturated heterocycles. The van der Waals surface area contributed by atoms with Crippen molar-refractivity contribution < 1.29 is 19.7 Å². The number of allylic oxidation sites excluding steroid dienone is 1. The molecule has 0 unspecified atom stereocenters. The highest BCUT2D eigenvalue weighted by molar-refractivity contribution is 6.01. The van der Waals surface area contributed by atoms with Crippen molar-refractivity contribution in [2.75, 3.05) is 0 Å². The number of rotatable bonds is 0. The van der Waals surface area contributed by atoms with E-state index in [4.69, 9.17) is 9.78 Å². The van der Waals surface area contributed by atoms with Crippen LogP contribution in [0.15, 0.2) is 23.8 Å². The van der Waals surface area contributed by atoms with Crippen LogP contribution in [-0.2, 0) is 14.6 Å². The van der Waals surface area contributed by atoms with Gasteiger partial charge in [-0.2, -0.15) is 4.89 Å². The van der Waals surface area contributed by atoms with Crippen LogP contribution in [0, 0.1) is 11.8 Å². The Labute approximate surface area is 93.5 Å². The molecule has 0 aromatic carbocycles. The number of hydrogen-bond donors (Lipinski definition) is 1. The highest BCUT2D eigenvalue weighted by Crippen LogP contribution is 2.48. The van der Waals surface area contributed by atoms with Gasteiger partial charge in [-0.05, 0) is 26.3 Å². The summed E-state index contributed by atoms with van der Waals surface area (Å²) in [5.41, 5.74) is -0.330. The van der Waals surface area contributed by atoms with Gasteiger partial charge in [-0.1, -0.05) is 12.2 Å². The number of hydrogen-bond acceptors (Lipinski definition) is 4. The van der Waals surface area contributed by atoms with E-state index in [0.717, 1.165) is 0 Å². The molecule has 1 N–H and O–H groups in total. The van der Waals surface area contributed by atoms with Crippen molar-refractivity contribution in [2.24, 2.45) is 11.8 Å². The third-order valence-corrected chi connectivity index (χ3v) is 3.45. The molecule has 3 atom stereocenters. The van der Waals surface area contributed by atoms with E-state index in [1.165, 1.54) is 0 Å². The fraction of sp³-hybridized carbons (Fsp3) is 0.583. The van der Waals surface area contributed by atoms with E-state index in [2.05, 4.69) is 0 Å². The second-order valence-corrected chi connectivity index (χ2v) is 5.22. The minimum Gasteiger partial charge on any atom is -0.359 e. The third-order valence-electron chi connectivity index (χ3n) is 3.45. The lowest BCUT2D eigenvalue weighted by Crippen LogP contribution is -2.53. The molecule has 2 bridgehead atoms. The molecule has 3 rings (SSSR count). The maximum atomic E-state index is 12.1. The van der Waals surface area contributed by atoms with Crippen LogP contribution in [-0.4, -0.2) is 22.3 Å². The van der Waals surface area contributed by atoms with Crippen molar-refractivity contribution in [1.82, 2.24) is 0 Å². The zero-order valence-electron chi connectivity index (χ0n) is 9.27. The number of carbonyl (C=O) groups is 1. The van der Waals surface area contributed by atoms with Gasteiger partial charge in [0.2, 0.25) is 5.79 Å². The summed E-state index contributed by atoms with van der Waals surface area (Å²) in [6.45, 7) is 3.58. The van der Waals surface area contributed by atoms with Crippen LogP contribution in [0.1, 0.15) is 20.3 Å². The summed E-state index contributed by atoms with van der Waals surface area (Å²) in [5, 5.41) is 10.4. The standard InChI is InChI=1S/C12H14O4/c1-11(2)6-9-10(13)7-3-4-8(5-7)12(9,14)16-15-11/h3-4,6-8,14H,5H2,1-2H3/t7-,8+,12+/m0/s1. The zero-order valence-corrected chi connectivity index (χ0v) is 9.27. The van der Waals surface area contributed by atoms with E-state index in [9.17, 15) is 9.90 Å². The summed E-state index contributed by atoms with van der Waals surface area (Å²) in [5.74, 6) is -1.92. The van der Waals surface area contributed by atoms with Gasteiger partial charge < -0.3 is 5.11 Å². The van der Waals surface area contributed by atoms with Gasteiger partial charge in [0.25, 0.3) is 0 Å². The summed E-state index contributed by atoms with van der Waals surface area (Å²) in [6, 6.07) is 0. The first-order valence-corrected chi connectivity index (χ1v) is 5.47. The molecule has 2 aliphatic carbocycles. The first-order valence-electron chi connectivity index (χ1n) is 5.47. The second kappa shape index (κ2) is 2.83. The normalized spacial score (nSPS) is 44.2. The van der Waals surface area contributed by atoms with Gasteiger partial charge in [0, 0.05) is 11.8 Å². The van der Waals surface area contributed by atoms with Crippen LogP contribution in [0.25, 0.3) is 0 Å². The molecule has 0 amide bonds. The Kier molecular flexibility index (Phi) is 1.80. The van der Waals surface area contributed by atoms with Crippen LogP contribution < -0.4 is 0 Å². The Morgan fingerprint density at radius 2 is 2.12 bits per heavy atom. The molecule has 4 heteroatoms. The Bertz CT molecular complexity index is 421. The predicted octanol–water partition coefficient (Wildman–Crippen LogP) is 1.12. The van der Waals surface area contributed by atoms with Crippen LogP contribution in [0.4, 0.5) is 0 Å². The van der Waals surface area contributed by atoms with Crippen LogP contribution >= 0.6 is 0 Å².